The number of hydrogen-bond acceptors (Lipinski definition) is 4. The maximum atomic E-state index is 12.4. The highest BCUT2D eigenvalue weighted by Gasteiger charge is 2.29. The van der Waals surface area contributed by atoms with Crippen LogP contribution in [0.15, 0.2) is 78.1 Å². The highest BCUT2D eigenvalue weighted by molar-refractivity contribution is 5.93. The van der Waals surface area contributed by atoms with Gasteiger partial charge < -0.3 is 15.8 Å². The molecule has 0 fully saturated rings. The Hall–Kier alpha value is -3.01. The average Bonchev–Trinajstić information content (AvgIpc) is 2.62. The van der Waals surface area contributed by atoms with Crippen LogP contribution in [0.25, 0.3) is 5.70 Å². The first-order valence-electron chi connectivity index (χ1n) is 7.96. The Bertz CT molecular complexity index is 780. The van der Waals surface area contributed by atoms with E-state index >= 15 is 0 Å². The Balaban J connectivity index is 2.06. The molecule has 0 aliphatic carbocycles. The number of nitrogens with two attached hydrogens (primary N) is 1. The Morgan fingerprint density at radius 1 is 1.08 bits per heavy atom. The number of carbonyl (C=O) groups excluding carboxylic acids is 1. The molecule has 1 unspecified atom stereocenters. The molecule has 0 radical (unpaired) electrons. The smallest absolute Gasteiger partial charge is 0.338 e. The second-order valence-corrected chi connectivity index (χ2v) is 5.51. The topological polar surface area (TPSA) is 64.3 Å². The van der Waals surface area contributed by atoms with Crippen LogP contribution < -0.4 is 11.1 Å². The van der Waals surface area contributed by atoms with E-state index in [9.17, 15) is 4.79 Å². The molecule has 4 nitrogen and oxygen atoms in total. The Morgan fingerprint density at radius 2 is 1.71 bits per heavy atom. The predicted molar refractivity (Wildman–Crippen MR) is 94.6 cm³/mol. The van der Waals surface area contributed by atoms with Gasteiger partial charge in [-0.2, -0.15) is 0 Å². The number of hydrogen-bond donors (Lipinski definition) is 2. The van der Waals surface area contributed by atoms with Crippen molar-refractivity contribution in [2.75, 3.05) is 6.61 Å². The molecule has 1 aliphatic rings. The summed E-state index contributed by atoms with van der Waals surface area (Å²) in [4.78, 5) is 12.4. The zero-order valence-electron chi connectivity index (χ0n) is 13.5. The summed E-state index contributed by atoms with van der Waals surface area (Å²) in [5, 5.41) is 3.14. The lowest BCUT2D eigenvalue weighted by Gasteiger charge is -2.26. The molecule has 0 bridgehead atoms. The van der Waals surface area contributed by atoms with Gasteiger partial charge in [-0.3, -0.25) is 0 Å². The van der Waals surface area contributed by atoms with Gasteiger partial charge in [-0.05, 0) is 24.1 Å². The molecule has 0 saturated heterocycles. The molecule has 3 rings (SSSR count). The number of rotatable bonds is 4. The van der Waals surface area contributed by atoms with Gasteiger partial charge in [-0.1, -0.05) is 60.7 Å². The van der Waals surface area contributed by atoms with Gasteiger partial charge in [0.25, 0.3) is 0 Å². The predicted octanol–water partition coefficient (Wildman–Crippen LogP) is 3.15. The first-order valence-corrected chi connectivity index (χ1v) is 7.96. The Morgan fingerprint density at radius 3 is 2.33 bits per heavy atom. The summed E-state index contributed by atoms with van der Waals surface area (Å²) in [7, 11) is 0. The van der Waals surface area contributed by atoms with Crippen molar-refractivity contribution in [2.24, 2.45) is 5.73 Å². The molecule has 0 aromatic heterocycles. The summed E-state index contributed by atoms with van der Waals surface area (Å²) in [6.07, 6.45) is 2.02. The summed E-state index contributed by atoms with van der Waals surface area (Å²) < 4.78 is 5.20. The lowest BCUT2D eigenvalue weighted by atomic mass is 9.87. The zero-order valence-corrected chi connectivity index (χ0v) is 13.5. The van der Waals surface area contributed by atoms with Crippen molar-refractivity contribution in [1.29, 1.82) is 0 Å². The number of benzene rings is 2. The van der Waals surface area contributed by atoms with Gasteiger partial charge in [0.2, 0.25) is 0 Å². The molecular formula is C20H20N2O2. The van der Waals surface area contributed by atoms with E-state index < -0.39 is 0 Å². The molecule has 2 aromatic carbocycles. The van der Waals surface area contributed by atoms with Crippen molar-refractivity contribution in [3.8, 4) is 0 Å². The van der Waals surface area contributed by atoms with E-state index in [1.807, 2.05) is 66.7 Å². The van der Waals surface area contributed by atoms with Crippen molar-refractivity contribution in [3.05, 3.63) is 89.3 Å². The van der Waals surface area contributed by atoms with Crippen LogP contribution in [0.5, 0.6) is 0 Å². The van der Waals surface area contributed by atoms with Gasteiger partial charge in [0.1, 0.15) is 5.82 Å². The fourth-order valence-electron chi connectivity index (χ4n) is 2.83. The molecule has 1 aliphatic heterocycles. The summed E-state index contributed by atoms with van der Waals surface area (Å²) >= 11 is 0. The number of carbonyl (C=O) groups is 1. The van der Waals surface area contributed by atoms with Crippen molar-refractivity contribution < 1.29 is 9.53 Å². The summed E-state index contributed by atoms with van der Waals surface area (Å²) in [5.74, 6) is -0.301. The van der Waals surface area contributed by atoms with Crippen LogP contribution in [0.3, 0.4) is 0 Å². The monoisotopic (exact) mass is 320 g/mol. The highest BCUT2D eigenvalue weighted by Crippen LogP contribution is 2.34. The summed E-state index contributed by atoms with van der Waals surface area (Å²) in [6.45, 7) is 2.10. The minimum atomic E-state index is -0.389. The second-order valence-electron chi connectivity index (χ2n) is 5.51. The quantitative estimate of drug-likeness (QED) is 0.850. The molecule has 0 spiro atoms. The van der Waals surface area contributed by atoms with E-state index in [4.69, 9.17) is 10.5 Å². The van der Waals surface area contributed by atoms with E-state index in [-0.39, 0.29) is 11.9 Å². The SMILES string of the molecule is CCOC(=O)C1=C(N)NC(c2ccccc2)=CC1c1ccccc1. The van der Waals surface area contributed by atoms with Crippen LogP contribution >= 0.6 is 0 Å². The molecule has 122 valence electrons. The molecule has 1 atom stereocenters. The van der Waals surface area contributed by atoms with Crippen LogP contribution in [0, 0.1) is 0 Å². The van der Waals surface area contributed by atoms with Crippen LogP contribution in [0.2, 0.25) is 0 Å². The third-order valence-electron chi connectivity index (χ3n) is 3.94. The third kappa shape index (κ3) is 3.18. The lowest BCUT2D eigenvalue weighted by molar-refractivity contribution is -0.138. The minimum Gasteiger partial charge on any atom is -0.463 e. The Labute approximate surface area is 141 Å². The standard InChI is InChI=1S/C20H20N2O2/c1-2-24-20(23)18-16(14-9-5-3-6-10-14)13-17(22-19(18)21)15-11-7-4-8-12-15/h3-13,16,22H,2,21H2,1H3. The van der Waals surface area contributed by atoms with Crippen molar-refractivity contribution in [2.45, 2.75) is 12.8 Å². The molecule has 0 amide bonds. The number of dihydropyridines is 1. The summed E-state index contributed by atoms with van der Waals surface area (Å²) in [5.41, 5.74) is 9.54. The highest BCUT2D eigenvalue weighted by atomic mass is 16.5. The van der Waals surface area contributed by atoms with Crippen molar-refractivity contribution >= 4 is 11.7 Å². The van der Waals surface area contributed by atoms with Crippen LogP contribution in [0.4, 0.5) is 0 Å². The first kappa shape index (κ1) is 15.9. The maximum Gasteiger partial charge on any atom is 0.338 e. The second kappa shape index (κ2) is 7.04. The number of esters is 1. The molecule has 24 heavy (non-hydrogen) atoms. The van der Waals surface area contributed by atoms with Gasteiger partial charge in [0.15, 0.2) is 0 Å². The molecule has 4 heteroatoms. The minimum absolute atomic E-state index is 0.248. The largest absolute Gasteiger partial charge is 0.463 e. The fraction of sp³-hybridized carbons (Fsp3) is 0.150. The van der Waals surface area contributed by atoms with Crippen molar-refractivity contribution in [3.63, 3.8) is 0 Å². The average molecular weight is 320 g/mol. The molecule has 2 aromatic rings. The van der Waals surface area contributed by atoms with Crippen molar-refractivity contribution in [1.82, 2.24) is 5.32 Å². The molecule has 3 N–H and O–H groups in total. The third-order valence-corrected chi connectivity index (χ3v) is 3.94. The van der Waals surface area contributed by atoms with Gasteiger partial charge in [-0.15, -0.1) is 0 Å². The van der Waals surface area contributed by atoms with E-state index in [2.05, 4.69) is 5.32 Å². The normalized spacial score (nSPS) is 17.0. The van der Waals surface area contributed by atoms with E-state index in [0.717, 1.165) is 16.8 Å². The summed E-state index contributed by atoms with van der Waals surface area (Å²) in [6, 6.07) is 19.7. The maximum absolute atomic E-state index is 12.4. The van der Waals surface area contributed by atoms with Gasteiger partial charge in [0, 0.05) is 11.6 Å². The van der Waals surface area contributed by atoms with Gasteiger partial charge in [0.05, 0.1) is 12.2 Å². The zero-order chi connectivity index (χ0) is 16.9. The molecular weight excluding hydrogens is 300 g/mol. The van der Waals surface area contributed by atoms with Gasteiger partial charge in [-0.25, -0.2) is 4.79 Å². The van der Waals surface area contributed by atoms with E-state index in [1.54, 1.807) is 6.92 Å². The van der Waals surface area contributed by atoms with E-state index in [1.165, 1.54) is 0 Å². The number of ether oxygens (including phenoxy) is 1. The lowest BCUT2D eigenvalue weighted by Crippen LogP contribution is -2.31. The van der Waals surface area contributed by atoms with Crippen LogP contribution in [-0.4, -0.2) is 12.6 Å². The molecule has 0 saturated carbocycles. The first-order chi connectivity index (χ1) is 11.7. The molecule has 1 heterocycles. The van der Waals surface area contributed by atoms with Gasteiger partial charge >= 0.3 is 5.97 Å². The van der Waals surface area contributed by atoms with E-state index in [0.29, 0.717) is 18.0 Å². The van der Waals surface area contributed by atoms with Crippen LogP contribution in [0.1, 0.15) is 24.0 Å². The number of nitrogens with one attached hydrogen (secondary N) is 1. The fourth-order valence-corrected chi connectivity index (χ4v) is 2.83. The Kier molecular flexibility index (Phi) is 4.66. The number of allylic oxidation sites excluding steroid dienone is 1. The van der Waals surface area contributed by atoms with Crippen LogP contribution in [-0.2, 0) is 9.53 Å².